The summed E-state index contributed by atoms with van der Waals surface area (Å²) in [5, 5.41) is 2.69. The van der Waals surface area contributed by atoms with E-state index in [0.29, 0.717) is 0 Å². The van der Waals surface area contributed by atoms with Crippen molar-refractivity contribution in [3.63, 3.8) is 0 Å². The van der Waals surface area contributed by atoms with E-state index < -0.39 is 5.83 Å². The van der Waals surface area contributed by atoms with Gasteiger partial charge >= 0.3 is 0 Å². The summed E-state index contributed by atoms with van der Waals surface area (Å²) < 4.78 is 14.0. The Hall–Kier alpha value is 0.310. The molecule has 1 nitrogen and oxygen atoms in total. The van der Waals surface area contributed by atoms with Gasteiger partial charge in [0.1, 0.15) is 0 Å². The van der Waals surface area contributed by atoms with Crippen molar-refractivity contribution in [1.29, 1.82) is 0 Å². The summed E-state index contributed by atoms with van der Waals surface area (Å²) in [6.07, 6.45) is 0. The summed E-state index contributed by atoms with van der Waals surface area (Å²) in [5.41, 5.74) is 0. The molecule has 1 fully saturated rings. The lowest BCUT2D eigenvalue weighted by Crippen LogP contribution is -2.04. The molecule has 30 valence electrons. The van der Waals surface area contributed by atoms with Gasteiger partial charge in [-0.3, -0.25) is 0 Å². The zero-order valence-corrected chi connectivity index (χ0v) is 3.64. The predicted octanol–water partition coefficient (Wildman–Crippen LogP) is 0.280. The van der Waals surface area contributed by atoms with Gasteiger partial charge in [0, 0.05) is 18.1 Å². The molecule has 5 heavy (non-hydrogen) atoms. The van der Waals surface area contributed by atoms with Gasteiger partial charge in [-0.05, 0) is 0 Å². The maximum Gasteiger partial charge on any atom is 0.0545 e. The third kappa shape index (κ3) is 0.816. The van der Waals surface area contributed by atoms with E-state index in [9.17, 15) is 0 Å². The molecule has 1 rings (SSSR count). The first-order valence-electron chi connectivity index (χ1n) is 2.60. The molecule has 0 aliphatic carbocycles. The molecule has 0 amide bonds. The SMILES string of the molecule is [2H]C1([2H])NCCS1. The lowest BCUT2D eigenvalue weighted by atomic mass is 10.8. The summed E-state index contributed by atoms with van der Waals surface area (Å²) >= 11 is 1.32. The van der Waals surface area contributed by atoms with Crippen LogP contribution in [0.15, 0.2) is 0 Å². The molecule has 0 aromatic heterocycles. The third-order valence-electron chi connectivity index (χ3n) is 0.473. The van der Waals surface area contributed by atoms with Gasteiger partial charge in [-0.1, -0.05) is 0 Å². The zero-order valence-electron chi connectivity index (χ0n) is 4.82. The fourth-order valence-electron chi connectivity index (χ4n) is 0.255. The topological polar surface area (TPSA) is 12.0 Å². The number of nitrogens with one attached hydrogen (secondary N) is 1. The maximum atomic E-state index is 7.00. The normalized spacial score (nSPS) is 40.0. The highest BCUT2D eigenvalue weighted by molar-refractivity contribution is 7.99. The quantitative estimate of drug-likeness (QED) is 0.459. The van der Waals surface area contributed by atoms with E-state index >= 15 is 0 Å². The number of hydrogen-bond donors (Lipinski definition) is 1. The average molecular weight is 91.2 g/mol. The Kier molecular flexibility index (Phi) is 0.618. The van der Waals surface area contributed by atoms with Crippen LogP contribution in [0.4, 0.5) is 0 Å². The third-order valence-corrected chi connectivity index (χ3v) is 1.17. The summed E-state index contributed by atoms with van der Waals surface area (Å²) in [4.78, 5) is 0. The molecule has 0 radical (unpaired) electrons. The van der Waals surface area contributed by atoms with Crippen molar-refractivity contribution in [2.45, 2.75) is 0 Å². The Balaban J connectivity index is 2.40. The molecule has 1 aliphatic heterocycles. The maximum absolute atomic E-state index is 7.00. The minimum absolute atomic E-state index is 0.803. The van der Waals surface area contributed by atoms with Crippen molar-refractivity contribution in [2.75, 3.05) is 18.1 Å². The Morgan fingerprint density at radius 1 is 2.00 bits per heavy atom. The highest BCUT2D eigenvalue weighted by Gasteiger charge is 1.93. The Bertz CT molecular complexity index is 67.3. The Morgan fingerprint density at radius 3 is 3.20 bits per heavy atom. The van der Waals surface area contributed by atoms with Crippen LogP contribution >= 0.6 is 11.8 Å². The first kappa shape index (κ1) is 1.85. The summed E-state index contributed by atoms with van der Waals surface area (Å²) in [5.74, 6) is -0.243. The summed E-state index contributed by atoms with van der Waals surface area (Å²) in [6.45, 7) is 0.803. The molecule has 0 unspecified atom stereocenters. The zero-order chi connectivity index (χ0) is 5.33. The lowest BCUT2D eigenvalue weighted by Gasteiger charge is -1.74. The van der Waals surface area contributed by atoms with E-state index in [1.807, 2.05) is 0 Å². The molecule has 0 spiro atoms. The molecule has 0 bridgehead atoms. The molecule has 0 aromatic carbocycles. The second kappa shape index (κ2) is 1.67. The summed E-state index contributed by atoms with van der Waals surface area (Å²) in [6, 6.07) is 0. The van der Waals surface area contributed by atoms with Gasteiger partial charge in [0.15, 0.2) is 0 Å². The van der Waals surface area contributed by atoms with Crippen molar-refractivity contribution in [3.05, 3.63) is 0 Å². The molecule has 1 aliphatic rings. The Labute approximate surface area is 38.9 Å². The molecule has 0 saturated carbocycles. The fourth-order valence-corrected chi connectivity index (χ4v) is 0.765. The largest absolute Gasteiger partial charge is 0.307 e. The molecule has 2 heteroatoms. The predicted molar refractivity (Wildman–Crippen MR) is 25.3 cm³/mol. The van der Waals surface area contributed by atoms with Crippen molar-refractivity contribution in [1.82, 2.24) is 5.32 Å². The van der Waals surface area contributed by atoms with Crippen LogP contribution in [0.3, 0.4) is 0 Å². The molecular weight excluding hydrogens is 82.1 g/mol. The van der Waals surface area contributed by atoms with Crippen molar-refractivity contribution >= 4 is 11.8 Å². The average Bonchev–Trinajstić information content (AvgIpc) is 1.84. The van der Waals surface area contributed by atoms with E-state index in [1.165, 1.54) is 11.8 Å². The minimum atomic E-state index is -1.14. The minimum Gasteiger partial charge on any atom is -0.307 e. The van der Waals surface area contributed by atoms with Crippen molar-refractivity contribution < 1.29 is 2.74 Å². The summed E-state index contributed by atoms with van der Waals surface area (Å²) in [7, 11) is 0. The van der Waals surface area contributed by atoms with Gasteiger partial charge in [0.2, 0.25) is 0 Å². The number of hydrogen-bond acceptors (Lipinski definition) is 2. The Morgan fingerprint density at radius 2 is 3.00 bits per heavy atom. The van der Waals surface area contributed by atoms with Crippen LogP contribution in [-0.4, -0.2) is 18.1 Å². The standard InChI is InChI=1S/C3H7NS/c1-2-5-3-4-1/h4H,1-3H2/i3D2. The van der Waals surface area contributed by atoms with Gasteiger partial charge in [-0.15, -0.1) is 11.8 Å². The van der Waals surface area contributed by atoms with Crippen molar-refractivity contribution in [3.8, 4) is 0 Å². The van der Waals surface area contributed by atoms with Gasteiger partial charge < -0.3 is 5.32 Å². The smallest absolute Gasteiger partial charge is 0.0545 e. The number of thioether (sulfide) groups is 1. The van der Waals surface area contributed by atoms with E-state index in [2.05, 4.69) is 5.32 Å². The lowest BCUT2D eigenvalue weighted by molar-refractivity contribution is 0.885. The molecule has 1 heterocycles. The fraction of sp³-hybridized carbons (Fsp3) is 1.00. The van der Waals surface area contributed by atoms with Gasteiger partial charge in [-0.2, -0.15) is 0 Å². The second-order valence-electron chi connectivity index (χ2n) is 0.877. The van der Waals surface area contributed by atoms with Crippen LogP contribution in [0.25, 0.3) is 0 Å². The van der Waals surface area contributed by atoms with E-state index in [0.717, 1.165) is 12.3 Å². The van der Waals surface area contributed by atoms with Crippen LogP contribution in [0, 0.1) is 0 Å². The van der Waals surface area contributed by atoms with Gasteiger partial charge in [0.05, 0.1) is 2.74 Å². The molecule has 0 atom stereocenters. The second-order valence-corrected chi connectivity index (χ2v) is 1.78. The van der Waals surface area contributed by atoms with E-state index in [-0.39, 0.29) is 0 Å². The first-order valence-corrected chi connectivity index (χ1v) is 2.58. The molecular formula is C3H7NS. The monoisotopic (exact) mass is 91.0 g/mol. The van der Waals surface area contributed by atoms with Crippen LogP contribution < -0.4 is 5.32 Å². The van der Waals surface area contributed by atoms with E-state index in [1.54, 1.807) is 0 Å². The van der Waals surface area contributed by atoms with Crippen LogP contribution in [0.5, 0.6) is 0 Å². The molecule has 1 N–H and O–H groups in total. The van der Waals surface area contributed by atoms with Crippen LogP contribution in [0.1, 0.15) is 2.74 Å². The van der Waals surface area contributed by atoms with Crippen molar-refractivity contribution in [2.24, 2.45) is 0 Å². The van der Waals surface area contributed by atoms with Crippen LogP contribution in [-0.2, 0) is 0 Å². The number of rotatable bonds is 0. The highest BCUT2D eigenvalue weighted by atomic mass is 32.2. The highest BCUT2D eigenvalue weighted by Crippen LogP contribution is 1.99. The molecule has 1 saturated heterocycles. The molecule has 0 aromatic rings. The van der Waals surface area contributed by atoms with E-state index in [4.69, 9.17) is 2.74 Å². The van der Waals surface area contributed by atoms with Gasteiger partial charge in [0.25, 0.3) is 0 Å². The first-order chi connectivity index (χ1) is 3.21. The van der Waals surface area contributed by atoms with Gasteiger partial charge in [-0.25, -0.2) is 0 Å². The van der Waals surface area contributed by atoms with Crippen LogP contribution in [0.2, 0.25) is 0 Å².